The van der Waals surface area contributed by atoms with E-state index in [0.29, 0.717) is 5.75 Å². The van der Waals surface area contributed by atoms with Crippen molar-refractivity contribution in [3.05, 3.63) is 66.0 Å². The van der Waals surface area contributed by atoms with E-state index in [1.54, 1.807) is 24.2 Å². The van der Waals surface area contributed by atoms with Crippen molar-refractivity contribution in [1.82, 2.24) is 9.88 Å². The van der Waals surface area contributed by atoms with Crippen molar-refractivity contribution in [2.24, 2.45) is 0 Å². The van der Waals surface area contributed by atoms with Crippen molar-refractivity contribution in [2.45, 2.75) is 18.7 Å². The third kappa shape index (κ3) is 4.60. The largest absolute Gasteiger partial charge is 0.338 e. The molecule has 4 heteroatoms. The number of carbonyl (C=O) groups excluding carboxylic acids is 1. The van der Waals surface area contributed by atoms with Crippen LogP contribution in [-0.4, -0.2) is 28.6 Å². The van der Waals surface area contributed by atoms with Gasteiger partial charge < -0.3 is 4.90 Å². The van der Waals surface area contributed by atoms with Gasteiger partial charge in [-0.3, -0.25) is 9.78 Å². The monoisotopic (exact) mass is 300 g/mol. The predicted molar refractivity (Wildman–Crippen MR) is 88.0 cm³/mol. The van der Waals surface area contributed by atoms with Crippen LogP contribution >= 0.6 is 11.8 Å². The van der Waals surface area contributed by atoms with Gasteiger partial charge in [0, 0.05) is 25.2 Å². The van der Waals surface area contributed by atoms with Gasteiger partial charge in [0.1, 0.15) is 0 Å². The lowest BCUT2D eigenvalue weighted by molar-refractivity contribution is -0.128. The van der Waals surface area contributed by atoms with Crippen LogP contribution in [0.4, 0.5) is 0 Å². The molecule has 1 atom stereocenters. The van der Waals surface area contributed by atoms with Gasteiger partial charge in [0.15, 0.2) is 0 Å². The Bertz CT molecular complexity index is 560. The van der Waals surface area contributed by atoms with Crippen LogP contribution < -0.4 is 0 Å². The highest BCUT2D eigenvalue weighted by Gasteiger charge is 2.16. The highest BCUT2D eigenvalue weighted by molar-refractivity contribution is 7.99. The summed E-state index contributed by atoms with van der Waals surface area (Å²) in [6.45, 7) is 2.06. The van der Waals surface area contributed by atoms with Crippen LogP contribution in [0, 0.1) is 0 Å². The number of benzene rings is 1. The summed E-state index contributed by atoms with van der Waals surface area (Å²) in [6, 6.07) is 14.2. The smallest absolute Gasteiger partial charge is 0.232 e. The van der Waals surface area contributed by atoms with Gasteiger partial charge in [0.2, 0.25) is 5.91 Å². The Morgan fingerprint density at radius 1 is 1.19 bits per heavy atom. The Kier molecular flexibility index (Phi) is 5.81. The molecule has 0 fully saturated rings. The second kappa shape index (κ2) is 7.84. The molecule has 2 aromatic rings. The van der Waals surface area contributed by atoms with Gasteiger partial charge in [-0.05, 0) is 30.2 Å². The third-order valence-corrected chi connectivity index (χ3v) is 4.49. The maximum absolute atomic E-state index is 12.2. The van der Waals surface area contributed by atoms with Crippen LogP contribution in [0.5, 0.6) is 0 Å². The van der Waals surface area contributed by atoms with E-state index >= 15 is 0 Å². The normalized spacial score (nSPS) is 11.9. The minimum Gasteiger partial charge on any atom is -0.338 e. The molecule has 1 aromatic carbocycles. The first-order chi connectivity index (χ1) is 10.2. The molecule has 0 aliphatic carbocycles. The summed E-state index contributed by atoms with van der Waals surface area (Å²) in [4.78, 5) is 18.0. The predicted octanol–water partition coefficient (Wildman–Crippen LogP) is 3.53. The molecule has 21 heavy (non-hydrogen) atoms. The number of carbonyl (C=O) groups is 1. The average molecular weight is 300 g/mol. The standard InChI is InChI=1S/C17H20N2OS/c1-14(16-6-4-3-5-7-16)19(2)17(20)13-21-12-15-8-10-18-11-9-15/h3-11,14H,12-13H2,1-2H3. The Morgan fingerprint density at radius 3 is 2.52 bits per heavy atom. The van der Waals surface area contributed by atoms with Crippen molar-refractivity contribution < 1.29 is 4.79 Å². The molecule has 0 N–H and O–H groups in total. The lowest BCUT2D eigenvalue weighted by Gasteiger charge is -2.25. The SMILES string of the molecule is CC(c1ccccc1)N(C)C(=O)CSCc1ccncc1. The Labute approximate surface area is 130 Å². The van der Waals surface area contributed by atoms with Gasteiger partial charge >= 0.3 is 0 Å². The van der Waals surface area contributed by atoms with Crippen molar-refractivity contribution in [2.75, 3.05) is 12.8 Å². The maximum Gasteiger partial charge on any atom is 0.232 e. The fourth-order valence-corrected chi connectivity index (χ4v) is 2.92. The van der Waals surface area contributed by atoms with E-state index in [4.69, 9.17) is 0 Å². The summed E-state index contributed by atoms with van der Waals surface area (Å²) >= 11 is 1.64. The summed E-state index contributed by atoms with van der Waals surface area (Å²) in [5.41, 5.74) is 2.36. The van der Waals surface area contributed by atoms with Crippen molar-refractivity contribution in [3.63, 3.8) is 0 Å². The second-order valence-electron chi connectivity index (χ2n) is 4.94. The molecule has 1 aromatic heterocycles. The molecule has 2 rings (SSSR count). The minimum absolute atomic E-state index is 0.0974. The lowest BCUT2D eigenvalue weighted by Crippen LogP contribution is -2.31. The fourth-order valence-electron chi connectivity index (χ4n) is 2.01. The van der Waals surface area contributed by atoms with E-state index in [1.807, 2.05) is 42.3 Å². The van der Waals surface area contributed by atoms with E-state index < -0.39 is 0 Å². The molecule has 3 nitrogen and oxygen atoms in total. The first-order valence-electron chi connectivity index (χ1n) is 6.95. The van der Waals surface area contributed by atoms with E-state index in [0.717, 1.165) is 11.3 Å². The van der Waals surface area contributed by atoms with Gasteiger partial charge in [-0.1, -0.05) is 30.3 Å². The average Bonchev–Trinajstić information content (AvgIpc) is 2.55. The highest BCUT2D eigenvalue weighted by atomic mass is 32.2. The summed E-state index contributed by atoms with van der Waals surface area (Å²) in [5, 5.41) is 0. The Balaban J connectivity index is 1.82. The molecule has 1 unspecified atom stereocenters. The number of amides is 1. The molecule has 0 saturated heterocycles. The van der Waals surface area contributed by atoms with Crippen LogP contribution in [0.3, 0.4) is 0 Å². The summed E-state index contributed by atoms with van der Waals surface area (Å²) < 4.78 is 0. The lowest BCUT2D eigenvalue weighted by atomic mass is 10.1. The van der Waals surface area contributed by atoms with Crippen molar-refractivity contribution in [1.29, 1.82) is 0 Å². The topological polar surface area (TPSA) is 33.2 Å². The van der Waals surface area contributed by atoms with Crippen LogP contribution in [0.15, 0.2) is 54.9 Å². The number of thioether (sulfide) groups is 1. The number of rotatable bonds is 6. The maximum atomic E-state index is 12.2. The van der Waals surface area contributed by atoms with Crippen LogP contribution in [0.1, 0.15) is 24.1 Å². The van der Waals surface area contributed by atoms with Crippen LogP contribution in [-0.2, 0) is 10.5 Å². The molecule has 0 aliphatic heterocycles. The minimum atomic E-state index is 0.0974. The second-order valence-corrected chi connectivity index (χ2v) is 5.93. The molecule has 0 bridgehead atoms. The number of aromatic nitrogens is 1. The first-order valence-corrected chi connectivity index (χ1v) is 8.11. The molecular formula is C17H20N2OS. The van der Waals surface area contributed by atoms with Gasteiger partial charge in [-0.2, -0.15) is 0 Å². The summed E-state index contributed by atoms with van der Waals surface area (Å²) in [5.74, 6) is 1.49. The number of hydrogen-bond acceptors (Lipinski definition) is 3. The summed E-state index contributed by atoms with van der Waals surface area (Å²) in [7, 11) is 1.87. The molecule has 0 aliphatic rings. The molecule has 110 valence electrons. The number of hydrogen-bond donors (Lipinski definition) is 0. The third-order valence-electron chi connectivity index (χ3n) is 3.50. The van der Waals surface area contributed by atoms with E-state index in [-0.39, 0.29) is 11.9 Å². The zero-order valence-corrected chi connectivity index (χ0v) is 13.2. The fraction of sp³-hybridized carbons (Fsp3) is 0.294. The van der Waals surface area contributed by atoms with Gasteiger partial charge in [0.25, 0.3) is 0 Å². The quantitative estimate of drug-likeness (QED) is 0.818. The Hall–Kier alpha value is -1.81. The summed E-state index contributed by atoms with van der Waals surface area (Å²) in [6.07, 6.45) is 3.56. The molecule has 0 spiro atoms. The Morgan fingerprint density at radius 2 is 1.86 bits per heavy atom. The highest BCUT2D eigenvalue weighted by Crippen LogP contribution is 2.20. The van der Waals surface area contributed by atoms with Crippen LogP contribution in [0.2, 0.25) is 0 Å². The van der Waals surface area contributed by atoms with E-state index in [1.165, 1.54) is 5.56 Å². The van der Waals surface area contributed by atoms with Gasteiger partial charge in [-0.25, -0.2) is 0 Å². The molecule has 1 amide bonds. The van der Waals surface area contributed by atoms with Gasteiger partial charge in [0.05, 0.1) is 11.8 Å². The molecule has 0 saturated carbocycles. The zero-order chi connectivity index (χ0) is 15.1. The molecule has 1 heterocycles. The molecular weight excluding hydrogens is 280 g/mol. The van der Waals surface area contributed by atoms with Gasteiger partial charge in [-0.15, -0.1) is 11.8 Å². The number of pyridine rings is 1. The van der Waals surface area contributed by atoms with Crippen LogP contribution in [0.25, 0.3) is 0 Å². The van der Waals surface area contributed by atoms with E-state index in [2.05, 4.69) is 24.0 Å². The first kappa shape index (κ1) is 15.6. The van der Waals surface area contributed by atoms with Crippen molar-refractivity contribution >= 4 is 17.7 Å². The zero-order valence-electron chi connectivity index (χ0n) is 12.4. The van der Waals surface area contributed by atoms with E-state index in [9.17, 15) is 4.79 Å². The number of nitrogens with zero attached hydrogens (tertiary/aromatic N) is 2. The molecule has 0 radical (unpaired) electrons. The van der Waals surface area contributed by atoms with Crippen molar-refractivity contribution in [3.8, 4) is 0 Å².